The number of para-hydroxylation sites is 2. The average Bonchev–Trinajstić information content (AvgIpc) is 3.37. The molecule has 2 heterocycles. The SMILES string of the molecule is CN1/C(=C\C=N\NC(=O)c2ccc(CSc3nc4ccccc4s3)cc2)C(C)(C)c2ccccc21. The number of nitrogens with zero attached hydrogens (tertiary/aromatic N) is 3. The molecule has 35 heavy (non-hydrogen) atoms. The van der Waals surface area contributed by atoms with Crippen molar-refractivity contribution in [1.82, 2.24) is 10.4 Å². The van der Waals surface area contributed by atoms with Crippen molar-refractivity contribution in [3.63, 3.8) is 0 Å². The smallest absolute Gasteiger partial charge is 0.271 e. The number of carbonyl (C=O) groups is 1. The Morgan fingerprint density at radius 1 is 1.09 bits per heavy atom. The van der Waals surface area contributed by atoms with Crippen LogP contribution >= 0.6 is 23.1 Å². The number of likely N-dealkylation sites (N-methyl/N-ethyl adjacent to an activating group) is 1. The van der Waals surface area contributed by atoms with E-state index in [0.717, 1.165) is 26.9 Å². The van der Waals surface area contributed by atoms with E-state index in [-0.39, 0.29) is 11.3 Å². The van der Waals surface area contributed by atoms with Crippen LogP contribution in [-0.4, -0.2) is 24.2 Å². The van der Waals surface area contributed by atoms with E-state index in [4.69, 9.17) is 0 Å². The number of allylic oxidation sites excluding steroid dienone is 2. The van der Waals surface area contributed by atoms with Crippen molar-refractivity contribution in [1.29, 1.82) is 0 Å². The standard InChI is InChI=1S/C28H26N4OS2/c1-28(2)21-8-4-6-10-23(21)32(3)25(28)16-17-29-31-26(33)20-14-12-19(13-15-20)18-34-27-30-22-9-5-7-11-24(22)35-27/h4-17H,18H2,1-3H3,(H,31,33)/b25-16-,29-17+. The highest BCUT2D eigenvalue weighted by molar-refractivity contribution is 8.00. The topological polar surface area (TPSA) is 57.6 Å². The van der Waals surface area contributed by atoms with Crippen molar-refractivity contribution in [3.05, 3.63) is 101 Å². The zero-order valence-corrected chi connectivity index (χ0v) is 21.5. The van der Waals surface area contributed by atoms with Gasteiger partial charge in [-0.15, -0.1) is 11.3 Å². The van der Waals surface area contributed by atoms with Crippen LogP contribution < -0.4 is 10.3 Å². The summed E-state index contributed by atoms with van der Waals surface area (Å²) in [7, 11) is 2.06. The summed E-state index contributed by atoms with van der Waals surface area (Å²) in [5.74, 6) is 0.575. The van der Waals surface area contributed by atoms with E-state index in [9.17, 15) is 4.79 Å². The van der Waals surface area contributed by atoms with Gasteiger partial charge in [-0.25, -0.2) is 10.4 Å². The summed E-state index contributed by atoms with van der Waals surface area (Å²) >= 11 is 3.42. The molecule has 0 unspecified atom stereocenters. The molecule has 0 atom stereocenters. The molecule has 5 rings (SSSR count). The van der Waals surface area contributed by atoms with E-state index < -0.39 is 0 Å². The van der Waals surface area contributed by atoms with Gasteiger partial charge in [0.05, 0.1) is 10.2 Å². The second-order valence-corrected chi connectivity index (χ2v) is 11.2. The van der Waals surface area contributed by atoms with Crippen LogP contribution in [0.15, 0.2) is 94.0 Å². The number of rotatable bonds is 6. The molecule has 0 spiro atoms. The quantitative estimate of drug-likeness (QED) is 0.184. The van der Waals surface area contributed by atoms with Crippen LogP contribution in [0.4, 0.5) is 5.69 Å². The van der Waals surface area contributed by atoms with E-state index >= 15 is 0 Å². The van der Waals surface area contributed by atoms with E-state index in [1.165, 1.54) is 16.0 Å². The monoisotopic (exact) mass is 498 g/mol. The Balaban J connectivity index is 1.17. The lowest BCUT2D eigenvalue weighted by Gasteiger charge is -2.23. The van der Waals surface area contributed by atoms with E-state index in [1.807, 2.05) is 54.6 Å². The van der Waals surface area contributed by atoms with Crippen LogP contribution in [0.1, 0.15) is 35.3 Å². The highest BCUT2D eigenvalue weighted by Crippen LogP contribution is 2.46. The number of thioether (sulfide) groups is 1. The summed E-state index contributed by atoms with van der Waals surface area (Å²) in [6.45, 7) is 4.40. The summed E-state index contributed by atoms with van der Waals surface area (Å²) in [6.07, 6.45) is 3.61. The van der Waals surface area contributed by atoms with Gasteiger partial charge >= 0.3 is 0 Å². The van der Waals surface area contributed by atoms with Gasteiger partial charge in [-0.3, -0.25) is 4.79 Å². The van der Waals surface area contributed by atoms with Gasteiger partial charge in [-0.1, -0.05) is 68.1 Å². The number of hydrazone groups is 1. The largest absolute Gasteiger partial charge is 0.347 e. The molecule has 1 aromatic heterocycles. The summed E-state index contributed by atoms with van der Waals surface area (Å²) in [5, 5.41) is 4.15. The summed E-state index contributed by atoms with van der Waals surface area (Å²) < 4.78 is 2.25. The fourth-order valence-electron chi connectivity index (χ4n) is 4.38. The van der Waals surface area contributed by atoms with Crippen LogP contribution in [0.5, 0.6) is 0 Å². The molecule has 0 aliphatic carbocycles. The predicted octanol–water partition coefficient (Wildman–Crippen LogP) is 6.62. The number of fused-ring (bicyclic) bond motifs is 2. The van der Waals surface area contributed by atoms with Gasteiger partial charge in [0.25, 0.3) is 5.91 Å². The maximum atomic E-state index is 12.5. The van der Waals surface area contributed by atoms with Gasteiger partial charge in [0, 0.05) is 41.4 Å². The second-order valence-electron chi connectivity index (χ2n) is 8.91. The van der Waals surface area contributed by atoms with E-state index in [0.29, 0.717) is 5.56 Å². The molecular weight excluding hydrogens is 472 g/mol. The summed E-state index contributed by atoms with van der Waals surface area (Å²) in [4.78, 5) is 19.4. The van der Waals surface area contributed by atoms with Crippen LogP contribution in [0.2, 0.25) is 0 Å². The number of anilines is 1. The Bertz CT molecular complexity index is 1400. The molecule has 0 saturated carbocycles. The minimum absolute atomic E-state index is 0.124. The van der Waals surface area contributed by atoms with Gasteiger partial charge in [0.1, 0.15) is 0 Å². The van der Waals surface area contributed by atoms with Crippen molar-refractivity contribution in [2.24, 2.45) is 5.10 Å². The Morgan fingerprint density at radius 2 is 1.83 bits per heavy atom. The predicted molar refractivity (Wildman–Crippen MR) is 148 cm³/mol. The first-order valence-corrected chi connectivity index (χ1v) is 13.2. The number of aromatic nitrogens is 1. The van der Waals surface area contributed by atoms with Gasteiger partial charge in [-0.05, 0) is 47.5 Å². The van der Waals surface area contributed by atoms with Crippen LogP contribution in [-0.2, 0) is 11.2 Å². The first kappa shape index (κ1) is 23.3. The zero-order chi connectivity index (χ0) is 24.4. The molecule has 1 aliphatic rings. The Kier molecular flexibility index (Phi) is 6.45. The number of hydrogen-bond donors (Lipinski definition) is 1. The minimum Gasteiger partial charge on any atom is -0.347 e. The molecule has 7 heteroatoms. The molecule has 1 aliphatic heterocycles. The summed E-state index contributed by atoms with van der Waals surface area (Å²) in [6, 6.07) is 24.2. The molecule has 1 N–H and O–H groups in total. The molecule has 0 bridgehead atoms. The third kappa shape index (κ3) is 4.74. The normalized spacial score (nSPS) is 15.7. The van der Waals surface area contributed by atoms with Crippen molar-refractivity contribution >= 4 is 51.1 Å². The number of nitrogens with one attached hydrogen (secondary N) is 1. The van der Waals surface area contributed by atoms with Crippen LogP contribution in [0, 0.1) is 0 Å². The van der Waals surface area contributed by atoms with Crippen molar-refractivity contribution in [3.8, 4) is 0 Å². The Morgan fingerprint density at radius 3 is 2.60 bits per heavy atom. The number of amides is 1. The van der Waals surface area contributed by atoms with Crippen LogP contribution in [0.3, 0.4) is 0 Å². The van der Waals surface area contributed by atoms with Gasteiger partial charge in [0.2, 0.25) is 0 Å². The third-order valence-electron chi connectivity index (χ3n) is 6.27. The van der Waals surface area contributed by atoms with Gasteiger partial charge in [0.15, 0.2) is 4.34 Å². The van der Waals surface area contributed by atoms with E-state index in [2.05, 4.69) is 65.6 Å². The van der Waals surface area contributed by atoms with Crippen LogP contribution in [0.25, 0.3) is 10.2 Å². The lowest BCUT2D eigenvalue weighted by Crippen LogP contribution is -2.23. The zero-order valence-electron chi connectivity index (χ0n) is 19.9. The Hall–Kier alpha value is -3.42. The molecule has 0 radical (unpaired) electrons. The van der Waals surface area contributed by atoms with Crippen molar-refractivity contribution in [2.45, 2.75) is 29.4 Å². The highest BCUT2D eigenvalue weighted by atomic mass is 32.2. The molecule has 4 aromatic rings. The molecule has 0 fully saturated rings. The van der Waals surface area contributed by atoms with Crippen molar-refractivity contribution in [2.75, 3.05) is 11.9 Å². The van der Waals surface area contributed by atoms with Gasteiger partial charge in [-0.2, -0.15) is 5.10 Å². The molecular formula is C28H26N4OS2. The summed E-state index contributed by atoms with van der Waals surface area (Å²) in [5.41, 5.74) is 8.88. The number of thiazole rings is 1. The fraction of sp³-hybridized carbons (Fsp3) is 0.179. The number of hydrogen-bond acceptors (Lipinski definition) is 6. The van der Waals surface area contributed by atoms with Crippen molar-refractivity contribution < 1.29 is 4.79 Å². The second kappa shape index (κ2) is 9.68. The molecule has 1 amide bonds. The maximum Gasteiger partial charge on any atom is 0.271 e. The number of carbonyl (C=O) groups excluding carboxylic acids is 1. The highest BCUT2D eigenvalue weighted by Gasteiger charge is 2.37. The molecule has 5 nitrogen and oxygen atoms in total. The third-order valence-corrected chi connectivity index (χ3v) is 8.52. The molecule has 176 valence electrons. The molecule has 3 aromatic carbocycles. The van der Waals surface area contributed by atoms with E-state index in [1.54, 1.807) is 29.3 Å². The first-order chi connectivity index (χ1) is 16.9. The fourth-order valence-corrected chi connectivity index (χ4v) is 6.40. The average molecular weight is 499 g/mol. The maximum absolute atomic E-state index is 12.5. The number of benzene rings is 3. The first-order valence-electron chi connectivity index (χ1n) is 11.4. The Labute approximate surface area is 213 Å². The minimum atomic E-state index is -0.229. The van der Waals surface area contributed by atoms with Gasteiger partial charge < -0.3 is 4.90 Å². The lowest BCUT2D eigenvalue weighted by molar-refractivity contribution is 0.0955. The lowest BCUT2D eigenvalue weighted by atomic mass is 9.84. The molecule has 0 saturated heterocycles.